The van der Waals surface area contributed by atoms with E-state index in [0.717, 1.165) is 17.3 Å². The lowest BCUT2D eigenvalue weighted by Gasteiger charge is -2.19. The third kappa shape index (κ3) is 5.69. The largest absolute Gasteiger partial charge is 0.396 e. The van der Waals surface area contributed by atoms with Crippen LogP contribution in [0.3, 0.4) is 0 Å². The molecule has 0 heterocycles. The molecule has 0 spiro atoms. The van der Waals surface area contributed by atoms with E-state index < -0.39 is 0 Å². The van der Waals surface area contributed by atoms with Crippen LogP contribution in [-0.2, 0) is 6.42 Å². The van der Waals surface area contributed by atoms with Crippen LogP contribution in [0.2, 0.25) is 0 Å². The minimum Gasteiger partial charge on any atom is -0.396 e. The van der Waals surface area contributed by atoms with Crippen molar-refractivity contribution in [2.24, 2.45) is 11.8 Å². The van der Waals surface area contributed by atoms with Crippen LogP contribution in [0.15, 0.2) is 28.7 Å². The van der Waals surface area contributed by atoms with Crippen LogP contribution >= 0.6 is 15.9 Å². The van der Waals surface area contributed by atoms with E-state index in [-0.39, 0.29) is 0 Å². The highest BCUT2D eigenvalue weighted by atomic mass is 79.9. The fourth-order valence-corrected chi connectivity index (χ4v) is 2.85. The molecular weight excluding hydrogens is 276 g/mol. The number of aliphatic hydroxyl groups is 1. The molecule has 1 aromatic rings. The number of halogens is 1. The Kier molecular flexibility index (Phi) is 6.83. The third-order valence-corrected chi connectivity index (χ3v) is 3.68. The summed E-state index contributed by atoms with van der Waals surface area (Å²) in [6.45, 7) is 4.80. The van der Waals surface area contributed by atoms with Crippen molar-refractivity contribution >= 4 is 15.9 Å². The summed E-state index contributed by atoms with van der Waals surface area (Å²) in [5.74, 6) is 1.11. The van der Waals surface area contributed by atoms with E-state index in [4.69, 9.17) is 0 Å². The first-order valence-electron chi connectivity index (χ1n) is 6.51. The van der Waals surface area contributed by atoms with Crippen LogP contribution in [0.1, 0.15) is 38.7 Å². The van der Waals surface area contributed by atoms with E-state index in [1.807, 2.05) is 6.07 Å². The number of hydrogen-bond acceptors (Lipinski definition) is 1. The Hall–Kier alpha value is -0.340. The topological polar surface area (TPSA) is 20.2 Å². The lowest BCUT2D eigenvalue weighted by Crippen LogP contribution is -2.13. The molecule has 0 aliphatic carbocycles. The predicted octanol–water partition coefficient (Wildman–Crippen LogP) is 4.43. The Bertz CT molecular complexity index is 324. The molecule has 1 aromatic carbocycles. The molecule has 0 aliphatic rings. The smallest absolute Gasteiger partial charge is 0.0462 e. The molecule has 0 radical (unpaired) electrons. The summed E-state index contributed by atoms with van der Waals surface area (Å²) >= 11 is 3.49. The van der Waals surface area contributed by atoms with E-state index in [0.29, 0.717) is 18.4 Å². The zero-order valence-corrected chi connectivity index (χ0v) is 12.4. The number of benzene rings is 1. The summed E-state index contributed by atoms with van der Waals surface area (Å²) in [6.07, 6.45) is 4.59. The van der Waals surface area contributed by atoms with Gasteiger partial charge < -0.3 is 5.11 Å². The van der Waals surface area contributed by atoms with Crippen LogP contribution in [0.4, 0.5) is 0 Å². The van der Waals surface area contributed by atoms with Gasteiger partial charge in [-0.1, -0.05) is 54.8 Å². The zero-order valence-electron chi connectivity index (χ0n) is 10.8. The summed E-state index contributed by atoms with van der Waals surface area (Å²) < 4.78 is 1.12. The monoisotopic (exact) mass is 298 g/mol. The standard InChI is InChI=1S/C15H23BrO/c1-3-5-12(2)8-14(11-17)9-13-6-4-7-15(16)10-13/h4,6-7,10,12,14,17H,3,5,8-9,11H2,1-2H3. The minimum absolute atomic E-state index is 0.292. The van der Waals surface area contributed by atoms with Gasteiger partial charge in [-0.25, -0.2) is 0 Å². The SMILES string of the molecule is CCCC(C)CC(CO)Cc1cccc(Br)c1. The Morgan fingerprint density at radius 1 is 1.35 bits per heavy atom. The molecule has 96 valence electrons. The maximum atomic E-state index is 9.46. The molecule has 0 saturated carbocycles. The van der Waals surface area contributed by atoms with Crippen LogP contribution in [0.25, 0.3) is 0 Å². The first kappa shape index (κ1) is 14.7. The van der Waals surface area contributed by atoms with Crippen LogP contribution in [0, 0.1) is 11.8 Å². The van der Waals surface area contributed by atoms with Crippen LogP contribution < -0.4 is 0 Å². The van der Waals surface area contributed by atoms with Gasteiger partial charge in [-0.2, -0.15) is 0 Å². The van der Waals surface area contributed by atoms with Gasteiger partial charge in [0, 0.05) is 11.1 Å². The molecule has 2 atom stereocenters. The zero-order chi connectivity index (χ0) is 12.7. The van der Waals surface area contributed by atoms with E-state index in [2.05, 4.69) is 48.0 Å². The van der Waals surface area contributed by atoms with Crippen LogP contribution in [0.5, 0.6) is 0 Å². The maximum absolute atomic E-state index is 9.46. The van der Waals surface area contributed by atoms with Crippen molar-refractivity contribution in [3.05, 3.63) is 34.3 Å². The predicted molar refractivity (Wildman–Crippen MR) is 77.1 cm³/mol. The van der Waals surface area contributed by atoms with Gasteiger partial charge in [-0.05, 0) is 42.4 Å². The Morgan fingerprint density at radius 3 is 2.71 bits per heavy atom. The van der Waals surface area contributed by atoms with E-state index >= 15 is 0 Å². The summed E-state index contributed by atoms with van der Waals surface area (Å²) in [5.41, 5.74) is 1.31. The Balaban J connectivity index is 2.51. The fraction of sp³-hybridized carbons (Fsp3) is 0.600. The molecular formula is C15H23BrO. The van der Waals surface area contributed by atoms with Crippen molar-refractivity contribution < 1.29 is 5.11 Å². The normalized spacial score (nSPS) is 14.6. The van der Waals surface area contributed by atoms with Gasteiger partial charge in [0.1, 0.15) is 0 Å². The third-order valence-electron chi connectivity index (χ3n) is 3.19. The highest BCUT2D eigenvalue weighted by Crippen LogP contribution is 2.21. The second-order valence-corrected chi connectivity index (χ2v) is 5.93. The van der Waals surface area contributed by atoms with Gasteiger partial charge in [0.05, 0.1) is 0 Å². The van der Waals surface area contributed by atoms with Crippen molar-refractivity contribution in [2.75, 3.05) is 6.61 Å². The van der Waals surface area contributed by atoms with Gasteiger partial charge in [-0.3, -0.25) is 0 Å². The summed E-state index contributed by atoms with van der Waals surface area (Å²) in [7, 11) is 0. The molecule has 17 heavy (non-hydrogen) atoms. The summed E-state index contributed by atoms with van der Waals surface area (Å²) in [4.78, 5) is 0. The molecule has 0 fully saturated rings. The molecule has 1 N–H and O–H groups in total. The molecule has 0 aliphatic heterocycles. The van der Waals surface area contributed by atoms with E-state index in [9.17, 15) is 5.11 Å². The fourth-order valence-electron chi connectivity index (χ4n) is 2.40. The average Bonchev–Trinajstić information content (AvgIpc) is 2.28. The highest BCUT2D eigenvalue weighted by Gasteiger charge is 2.12. The second kappa shape index (κ2) is 7.88. The summed E-state index contributed by atoms with van der Waals surface area (Å²) in [6, 6.07) is 8.38. The van der Waals surface area contributed by atoms with Gasteiger partial charge in [0.25, 0.3) is 0 Å². The van der Waals surface area contributed by atoms with Crippen LogP contribution in [-0.4, -0.2) is 11.7 Å². The van der Waals surface area contributed by atoms with Crippen molar-refractivity contribution in [1.29, 1.82) is 0 Å². The Morgan fingerprint density at radius 2 is 2.12 bits per heavy atom. The van der Waals surface area contributed by atoms with Crippen molar-refractivity contribution in [3.63, 3.8) is 0 Å². The maximum Gasteiger partial charge on any atom is 0.0462 e. The average molecular weight is 299 g/mol. The van der Waals surface area contributed by atoms with Gasteiger partial charge in [-0.15, -0.1) is 0 Å². The molecule has 0 saturated heterocycles. The molecule has 0 amide bonds. The quantitative estimate of drug-likeness (QED) is 0.790. The van der Waals surface area contributed by atoms with Crippen molar-refractivity contribution in [2.45, 2.75) is 39.5 Å². The van der Waals surface area contributed by atoms with Crippen molar-refractivity contribution in [3.8, 4) is 0 Å². The lowest BCUT2D eigenvalue weighted by molar-refractivity contribution is 0.200. The van der Waals surface area contributed by atoms with E-state index in [1.54, 1.807) is 0 Å². The van der Waals surface area contributed by atoms with Crippen molar-refractivity contribution in [1.82, 2.24) is 0 Å². The van der Waals surface area contributed by atoms with Gasteiger partial charge in [0.15, 0.2) is 0 Å². The molecule has 1 rings (SSSR count). The molecule has 2 unspecified atom stereocenters. The Labute approximate surface area is 113 Å². The highest BCUT2D eigenvalue weighted by molar-refractivity contribution is 9.10. The molecule has 0 aromatic heterocycles. The number of rotatable bonds is 7. The van der Waals surface area contributed by atoms with E-state index in [1.165, 1.54) is 18.4 Å². The number of aliphatic hydroxyl groups excluding tert-OH is 1. The number of hydrogen-bond donors (Lipinski definition) is 1. The van der Waals surface area contributed by atoms with Gasteiger partial charge >= 0.3 is 0 Å². The summed E-state index contributed by atoms with van der Waals surface area (Å²) in [5, 5.41) is 9.46. The first-order chi connectivity index (χ1) is 8.15. The minimum atomic E-state index is 0.292. The first-order valence-corrected chi connectivity index (χ1v) is 7.30. The lowest BCUT2D eigenvalue weighted by atomic mass is 9.89. The molecule has 0 bridgehead atoms. The second-order valence-electron chi connectivity index (χ2n) is 5.01. The van der Waals surface area contributed by atoms with Gasteiger partial charge in [0.2, 0.25) is 0 Å². The molecule has 2 heteroatoms. The molecule has 1 nitrogen and oxygen atoms in total.